The lowest BCUT2D eigenvalue weighted by atomic mass is 9.34. The van der Waals surface area contributed by atoms with Crippen LogP contribution in [-0.4, -0.2) is 83.4 Å². The maximum Gasteiger partial charge on any atom is 0.407 e. The van der Waals surface area contributed by atoms with Crippen LogP contribution in [0.15, 0.2) is 91.1 Å². The van der Waals surface area contributed by atoms with Crippen molar-refractivity contribution in [2.45, 2.75) is 76.8 Å². The lowest BCUT2D eigenvalue weighted by Crippen LogP contribution is -2.73. The minimum atomic E-state index is -1.02. The van der Waals surface area contributed by atoms with Gasteiger partial charge < -0.3 is 40.6 Å². The highest BCUT2D eigenvalue weighted by Gasteiger charge is 2.76. The van der Waals surface area contributed by atoms with E-state index in [1.807, 2.05) is 79.9 Å². The molecule has 70 heavy (non-hydrogen) atoms. The highest BCUT2D eigenvalue weighted by atomic mass is 35.5. The van der Waals surface area contributed by atoms with Crippen molar-refractivity contribution in [2.24, 2.45) is 16.7 Å². The van der Waals surface area contributed by atoms with Crippen LogP contribution in [0.3, 0.4) is 0 Å². The molecule has 0 spiro atoms. The van der Waals surface area contributed by atoms with Crippen molar-refractivity contribution in [3.05, 3.63) is 119 Å². The largest absolute Gasteiger partial charge is 0.506 e. The number of carbonyl (C=O) groups excluding carboxylic acids is 5. The Morgan fingerprint density at radius 3 is 1.91 bits per heavy atom. The van der Waals surface area contributed by atoms with Crippen LogP contribution >= 0.6 is 23.2 Å². The quantitative estimate of drug-likeness (QED) is 0.0760. The first kappa shape index (κ1) is 45.8. The van der Waals surface area contributed by atoms with Gasteiger partial charge in [0.05, 0.1) is 27.7 Å². The normalized spacial score (nSPS) is 22.4. The standard InChI is InChI=1S/C55H54Cl2N6O7/c1-28(2)47(61-53(69)70-24-39-35-13-7-5-11-33(35)34-12-6-8-14-36(34)39)50(66)59-30(4)49(65)60-40-17-41-45(38-16-10-9-15-37(38)40)31(19-56)22-62(41)51(67)54-25-55(26-54,27-54)52(68)63-23-32(20-57)46-42(63)18-43(64)48-44(46)29(3)21-58-48/h5-18,21,28,30-32,39,47,58,64H,19-20,22-27H2,1-4H3,(H,59,66)(H,60,65)(H,61,69)/t30-,31+,32+,47-,54?,55?/m0/s1. The van der Waals surface area contributed by atoms with Crippen LogP contribution in [0, 0.1) is 23.7 Å². The number of fused-ring (bicyclic) bond motifs is 9. The molecule has 360 valence electrons. The molecule has 12 rings (SSSR count). The average molecular weight is 982 g/mol. The number of halogens is 2. The van der Waals surface area contributed by atoms with Gasteiger partial charge in [0.15, 0.2) is 0 Å². The van der Waals surface area contributed by atoms with Crippen LogP contribution < -0.4 is 25.8 Å². The highest BCUT2D eigenvalue weighted by Crippen LogP contribution is 2.75. The second-order valence-corrected chi connectivity index (χ2v) is 21.1. The van der Waals surface area contributed by atoms with Crippen molar-refractivity contribution < 1.29 is 33.8 Å². The summed E-state index contributed by atoms with van der Waals surface area (Å²) < 4.78 is 5.75. The first-order valence-electron chi connectivity index (χ1n) is 24.0. The van der Waals surface area contributed by atoms with E-state index < -0.39 is 40.8 Å². The van der Waals surface area contributed by atoms with Gasteiger partial charge in [-0.1, -0.05) is 86.6 Å². The molecule has 2 aliphatic heterocycles. The van der Waals surface area contributed by atoms with Gasteiger partial charge in [0.25, 0.3) is 0 Å². The molecule has 15 heteroatoms. The van der Waals surface area contributed by atoms with Gasteiger partial charge in [-0.2, -0.15) is 0 Å². The zero-order chi connectivity index (χ0) is 49.0. The van der Waals surface area contributed by atoms with Gasteiger partial charge in [0, 0.05) is 71.3 Å². The van der Waals surface area contributed by atoms with E-state index in [-0.39, 0.29) is 53.7 Å². The number of benzene rings is 5. The van der Waals surface area contributed by atoms with Gasteiger partial charge in [-0.05, 0) is 89.4 Å². The molecule has 5 N–H and O–H groups in total. The van der Waals surface area contributed by atoms with E-state index in [1.54, 1.807) is 36.6 Å². The zero-order valence-electron chi connectivity index (χ0n) is 39.3. The molecule has 2 bridgehead atoms. The highest BCUT2D eigenvalue weighted by molar-refractivity contribution is 6.20. The fourth-order valence-corrected chi connectivity index (χ4v) is 12.9. The van der Waals surface area contributed by atoms with E-state index in [1.165, 1.54) is 0 Å². The summed E-state index contributed by atoms with van der Waals surface area (Å²) in [6, 6.07) is 25.2. The van der Waals surface area contributed by atoms with Gasteiger partial charge >= 0.3 is 6.09 Å². The van der Waals surface area contributed by atoms with Crippen LogP contribution in [0.5, 0.6) is 5.75 Å². The summed E-state index contributed by atoms with van der Waals surface area (Å²) in [5.41, 5.74) is 8.21. The van der Waals surface area contributed by atoms with E-state index in [4.69, 9.17) is 27.9 Å². The van der Waals surface area contributed by atoms with Gasteiger partial charge in [-0.25, -0.2) is 4.79 Å². The number of anilines is 3. The number of nitrogens with zero attached hydrogens (tertiary/aromatic N) is 2. The number of hydrogen-bond acceptors (Lipinski definition) is 7. The third-order valence-electron chi connectivity index (χ3n) is 15.8. The number of phenolic OH excluding ortho intramolecular Hbond substituents is 1. The Kier molecular flexibility index (Phi) is 11.2. The number of aryl methyl sites for hydroxylation is 1. The van der Waals surface area contributed by atoms with Crippen molar-refractivity contribution in [1.29, 1.82) is 0 Å². The molecule has 6 aromatic rings. The number of amides is 5. The summed E-state index contributed by atoms with van der Waals surface area (Å²) in [6.45, 7) is 8.00. The van der Waals surface area contributed by atoms with Crippen LogP contribution in [-0.2, 0) is 23.9 Å². The number of aromatic hydroxyl groups is 1. The van der Waals surface area contributed by atoms with Crippen LogP contribution in [0.4, 0.5) is 21.9 Å². The topological polar surface area (TPSA) is 173 Å². The molecule has 1 aromatic heterocycles. The Morgan fingerprint density at radius 2 is 1.31 bits per heavy atom. The number of rotatable bonds is 12. The number of alkyl carbamates (subject to hydrolysis) is 1. The van der Waals surface area contributed by atoms with Crippen molar-refractivity contribution in [3.8, 4) is 16.9 Å². The Morgan fingerprint density at radius 1 is 0.757 bits per heavy atom. The molecule has 13 nitrogen and oxygen atoms in total. The van der Waals surface area contributed by atoms with Crippen molar-refractivity contribution >= 4 is 91.7 Å². The molecule has 3 saturated carbocycles. The summed E-state index contributed by atoms with van der Waals surface area (Å²) in [5, 5.41) is 22.0. The number of H-pyrrole nitrogens is 1. The lowest BCUT2D eigenvalue weighted by molar-refractivity contribution is -0.205. The molecule has 0 saturated heterocycles. The first-order valence-corrected chi connectivity index (χ1v) is 25.1. The third kappa shape index (κ3) is 7.05. The number of aromatic amines is 1. The number of ether oxygens (including phenoxy) is 1. The Balaban J connectivity index is 0.772. The molecule has 4 aliphatic carbocycles. The molecule has 5 amide bonds. The smallest absolute Gasteiger partial charge is 0.407 e. The van der Waals surface area contributed by atoms with E-state index in [0.29, 0.717) is 60.8 Å². The van der Waals surface area contributed by atoms with Crippen molar-refractivity contribution in [2.75, 3.05) is 46.6 Å². The van der Waals surface area contributed by atoms with Gasteiger partial charge in [-0.3, -0.25) is 19.2 Å². The third-order valence-corrected chi connectivity index (χ3v) is 16.5. The molecule has 3 fully saturated rings. The van der Waals surface area contributed by atoms with Crippen molar-refractivity contribution in [1.82, 2.24) is 15.6 Å². The summed E-state index contributed by atoms with van der Waals surface area (Å²) in [6.07, 6.45) is 2.34. The Labute approximate surface area is 415 Å². The zero-order valence-corrected chi connectivity index (χ0v) is 40.8. The van der Waals surface area contributed by atoms with E-state index in [9.17, 15) is 29.1 Å². The molecule has 0 radical (unpaired) electrons. The summed E-state index contributed by atoms with van der Waals surface area (Å²) >= 11 is 13.1. The first-order chi connectivity index (χ1) is 33.7. The van der Waals surface area contributed by atoms with Gasteiger partial charge in [0.1, 0.15) is 24.4 Å². The molecule has 3 heterocycles. The van der Waals surface area contributed by atoms with E-state index >= 15 is 0 Å². The minimum absolute atomic E-state index is 0.0478. The van der Waals surface area contributed by atoms with Crippen LogP contribution in [0.2, 0.25) is 0 Å². The Bertz CT molecular complexity index is 3140. The number of alkyl halides is 2. The average Bonchev–Trinajstić information content (AvgIpc) is 4.09. The number of aromatic nitrogens is 1. The molecular formula is C55H54Cl2N6O7. The fraction of sp³-hybridized carbons (Fsp3) is 0.364. The molecule has 4 atom stereocenters. The second kappa shape index (κ2) is 17.1. The van der Waals surface area contributed by atoms with E-state index in [2.05, 4.69) is 33.1 Å². The predicted molar refractivity (Wildman–Crippen MR) is 272 cm³/mol. The second-order valence-electron chi connectivity index (χ2n) is 20.5. The molecule has 6 aliphatic rings. The maximum absolute atomic E-state index is 14.8. The summed E-state index contributed by atoms with van der Waals surface area (Å²) in [7, 11) is 0. The number of phenols is 1. The predicted octanol–water partition coefficient (Wildman–Crippen LogP) is 9.55. The van der Waals surface area contributed by atoms with Gasteiger partial charge in [-0.15, -0.1) is 23.2 Å². The number of carbonyl (C=O) groups is 5. The summed E-state index contributed by atoms with van der Waals surface area (Å²) in [5.74, 6) is -1.26. The van der Waals surface area contributed by atoms with Gasteiger partial charge in [0.2, 0.25) is 23.6 Å². The van der Waals surface area contributed by atoms with E-state index in [0.717, 1.165) is 55.1 Å². The number of hydrogen-bond donors (Lipinski definition) is 5. The lowest BCUT2D eigenvalue weighted by Gasteiger charge is -2.69. The van der Waals surface area contributed by atoms with Crippen LogP contribution in [0.25, 0.3) is 32.8 Å². The molecular weight excluding hydrogens is 928 g/mol. The molecule has 0 unspecified atom stereocenters. The van der Waals surface area contributed by atoms with Crippen molar-refractivity contribution in [3.63, 3.8) is 0 Å². The maximum atomic E-state index is 14.8. The minimum Gasteiger partial charge on any atom is -0.506 e. The fourth-order valence-electron chi connectivity index (χ4n) is 12.4. The summed E-state index contributed by atoms with van der Waals surface area (Å²) in [4.78, 5) is 77.1. The SMILES string of the molecule is Cc1c[nH]c2c(O)cc3c(c12)[C@H](CCl)CN3C(=O)C12CC(C(=O)N3C[C@@H](CCl)c4c3cc(NC(=O)[C@H](C)NC(=O)[C@@H](NC(=O)OCC3c5ccccc5-c5ccccc53)C(C)C)c3ccccc43)(C1)C2. The monoisotopic (exact) mass is 980 g/mol. The molecule has 5 aromatic carbocycles. The number of nitrogens with one attached hydrogen (secondary N) is 4. The Hall–Kier alpha value is -6.57. The van der Waals surface area contributed by atoms with Crippen LogP contribution in [0.1, 0.15) is 85.6 Å².